The van der Waals surface area contributed by atoms with Crippen molar-refractivity contribution < 1.29 is 19.0 Å². The number of ether oxygens (including phenoxy) is 3. The van der Waals surface area contributed by atoms with Gasteiger partial charge in [-0.1, -0.05) is 0 Å². The van der Waals surface area contributed by atoms with Crippen molar-refractivity contribution in [1.29, 1.82) is 0 Å². The summed E-state index contributed by atoms with van der Waals surface area (Å²) in [6.45, 7) is 0.642. The fraction of sp³-hybridized carbons (Fsp3) is 0.444. The van der Waals surface area contributed by atoms with E-state index in [0.717, 1.165) is 11.5 Å². The minimum Gasteiger partial charge on any atom is -0.485 e. The number of fused-ring (bicyclic) bond motifs is 1. The van der Waals surface area contributed by atoms with Crippen LogP contribution in [0.4, 0.5) is 0 Å². The van der Waals surface area contributed by atoms with Crippen LogP contribution >= 0.6 is 11.3 Å². The highest BCUT2D eigenvalue weighted by molar-refractivity contribution is 7.08. The molecule has 1 aromatic heterocycles. The van der Waals surface area contributed by atoms with Crippen LogP contribution in [0.2, 0.25) is 0 Å². The quantitative estimate of drug-likeness (QED) is 0.439. The third kappa shape index (κ3) is 2.63. The Morgan fingerprint density at radius 3 is 3.25 bits per heavy atom. The Balaban J connectivity index is 1.75. The molecule has 3 N–H and O–H groups in total. The number of thiophene rings is 1. The maximum absolute atomic E-state index is 10.8. The van der Waals surface area contributed by atoms with Gasteiger partial charge in [-0.15, -0.1) is 11.3 Å². The lowest BCUT2D eigenvalue weighted by molar-refractivity contribution is -0.126. The van der Waals surface area contributed by atoms with Crippen LogP contribution < -0.4 is 20.7 Å². The molecule has 2 heterocycles. The van der Waals surface area contributed by atoms with Gasteiger partial charge in [-0.05, 0) is 0 Å². The molecule has 0 saturated carbocycles. The number of nitrogens with one attached hydrogen (secondary N) is 1. The molecule has 1 aliphatic rings. The van der Waals surface area contributed by atoms with Crippen LogP contribution in [-0.4, -0.2) is 31.8 Å². The molecule has 0 saturated heterocycles. The molecular formula is C9H12N2O4S. The average Bonchev–Trinajstić information content (AvgIpc) is 2.76. The summed E-state index contributed by atoms with van der Waals surface area (Å²) in [4.78, 5) is 10.8. The molecule has 0 radical (unpaired) electrons. The van der Waals surface area contributed by atoms with Crippen LogP contribution in [-0.2, 0) is 9.53 Å². The number of rotatable bonds is 4. The monoisotopic (exact) mass is 244 g/mol. The standard InChI is InChI=1S/C9H12N2O4S/c10-11-9(12)3-13-1-6-2-14-7-4-16-5-8(7)15-6/h4-6H,1-3,10H2,(H,11,12). The van der Waals surface area contributed by atoms with Crippen molar-refractivity contribution in [3.63, 3.8) is 0 Å². The van der Waals surface area contributed by atoms with Gasteiger partial charge in [-0.3, -0.25) is 10.2 Å². The van der Waals surface area contributed by atoms with Crippen molar-refractivity contribution in [1.82, 2.24) is 5.43 Å². The van der Waals surface area contributed by atoms with E-state index in [9.17, 15) is 4.79 Å². The molecule has 0 aliphatic carbocycles. The Kier molecular flexibility index (Phi) is 3.60. The van der Waals surface area contributed by atoms with E-state index in [1.807, 2.05) is 16.2 Å². The van der Waals surface area contributed by atoms with Gasteiger partial charge in [0.15, 0.2) is 17.6 Å². The maximum atomic E-state index is 10.8. The summed E-state index contributed by atoms with van der Waals surface area (Å²) in [5.41, 5.74) is 1.98. The van der Waals surface area contributed by atoms with Crippen LogP contribution in [0.5, 0.6) is 11.5 Å². The molecule has 6 nitrogen and oxygen atoms in total. The molecule has 1 amide bonds. The lowest BCUT2D eigenvalue weighted by atomic mass is 10.3. The van der Waals surface area contributed by atoms with E-state index in [-0.39, 0.29) is 18.6 Å². The molecule has 0 bridgehead atoms. The summed E-state index contributed by atoms with van der Waals surface area (Å²) in [5.74, 6) is 6.03. The smallest absolute Gasteiger partial charge is 0.259 e. The van der Waals surface area contributed by atoms with E-state index < -0.39 is 0 Å². The van der Waals surface area contributed by atoms with Crippen LogP contribution in [0.25, 0.3) is 0 Å². The van der Waals surface area contributed by atoms with Gasteiger partial charge in [0.25, 0.3) is 5.91 Å². The van der Waals surface area contributed by atoms with E-state index in [2.05, 4.69) is 0 Å². The number of hydrogen-bond acceptors (Lipinski definition) is 6. The van der Waals surface area contributed by atoms with Gasteiger partial charge in [0.2, 0.25) is 0 Å². The topological polar surface area (TPSA) is 82.8 Å². The highest BCUT2D eigenvalue weighted by Gasteiger charge is 2.21. The second-order valence-electron chi connectivity index (χ2n) is 3.23. The van der Waals surface area contributed by atoms with Gasteiger partial charge in [0.05, 0.1) is 6.61 Å². The SMILES string of the molecule is NNC(=O)COCC1COc2cscc2O1. The highest BCUT2D eigenvalue weighted by Crippen LogP contribution is 2.35. The minimum absolute atomic E-state index is 0.0765. The Morgan fingerprint density at radius 1 is 1.62 bits per heavy atom. The van der Waals surface area contributed by atoms with Gasteiger partial charge in [-0.25, -0.2) is 5.84 Å². The molecule has 0 fully saturated rings. The maximum Gasteiger partial charge on any atom is 0.259 e. The lowest BCUT2D eigenvalue weighted by Gasteiger charge is -2.24. The molecule has 88 valence electrons. The fourth-order valence-corrected chi connectivity index (χ4v) is 1.94. The molecular weight excluding hydrogens is 232 g/mol. The Hall–Kier alpha value is -1.31. The first-order valence-electron chi connectivity index (χ1n) is 4.72. The third-order valence-corrected chi connectivity index (χ3v) is 2.71. The number of carbonyl (C=O) groups is 1. The van der Waals surface area contributed by atoms with E-state index in [0.29, 0.717) is 13.2 Å². The Morgan fingerprint density at radius 2 is 2.44 bits per heavy atom. The van der Waals surface area contributed by atoms with Crippen molar-refractivity contribution in [3.05, 3.63) is 10.8 Å². The van der Waals surface area contributed by atoms with Gasteiger partial charge < -0.3 is 14.2 Å². The number of hydrazine groups is 1. The predicted molar refractivity (Wildman–Crippen MR) is 57.4 cm³/mol. The summed E-state index contributed by atoms with van der Waals surface area (Å²) < 4.78 is 16.1. The average molecular weight is 244 g/mol. The normalized spacial score (nSPS) is 18.2. The second kappa shape index (κ2) is 5.15. The zero-order chi connectivity index (χ0) is 11.4. The van der Waals surface area contributed by atoms with Crippen molar-refractivity contribution in [3.8, 4) is 11.5 Å². The van der Waals surface area contributed by atoms with Crippen LogP contribution in [0.3, 0.4) is 0 Å². The molecule has 1 aromatic rings. The third-order valence-electron chi connectivity index (χ3n) is 2.01. The summed E-state index contributed by atoms with van der Waals surface area (Å²) in [6, 6.07) is 0. The van der Waals surface area contributed by atoms with Gasteiger partial charge in [0.1, 0.15) is 13.2 Å². The number of hydrogen-bond donors (Lipinski definition) is 2. The number of nitrogens with two attached hydrogens (primary N) is 1. The zero-order valence-electron chi connectivity index (χ0n) is 8.47. The lowest BCUT2D eigenvalue weighted by Crippen LogP contribution is -2.37. The van der Waals surface area contributed by atoms with Crippen molar-refractivity contribution in [2.24, 2.45) is 5.84 Å². The zero-order valence-corrected chi connectivity index (χ0v) is 9.29. The van der Waals surface area contributed by atoms with E-state index in [1.54, 1.807) is 0 Å². The first kappa shape index (κ1) is 11.2. The molecule has 0 spiro atoms. The minimum atomic E-state index is -0.368. The second-order valence-corrected chi connectivity index (χ2v) is 3.98. The highest BCUT2D eigenvalue weighted by atomic mass is 32.1. The van der Waals surface area contributed by atoms with Gasteiger partial charge >= 0.3 is 0 Å². The summed E-state index contributed by atoms with van der Waals surface area (Å²) in [6.07, 6.45) is -0.187. The molecule has 1 aliphatic heterocycles. The van der Waals surface area contributed by atoms with Crippen molar-refractivity contribution in [2.75, 3.05) is 19.8 Å². The molecule has 7 heteroatoms. The molecule has 1 unspecified atom stereocenters. The Bertz CT molecular complexity index is 368. The molecule has 0 aromatic carbocycles. The fourth-order valence-electron chi connectivity index (χ4n) is 1.27. The van der Waals surface area contributed by atoms with Crippen LogP contribution in [0.1, 0.15) is 0 Å². The van der Waals surface area contributed by atoms with Gasteiger partial charge in [-0.2, -0.15) is 0 Å². The first-order valence-corrected chi connectivity index (χ1v) is 5.66. The van der Waals surface area contributed by atoms with E-state index in [4.69, 9.17) is 20.1 Å². The number of amides is 1. The van der Waals surface area contributed by atoms with E-state index >= 15 is 0 Å². The predicted octanol–water partition coefficient (Wildman–Crippen LogP) is -0.106. The summed E-state index contributed by atoms with van der Waals surface area (Å²) in [5, 5.41) is 3.75. The summed E-state index contributed by atoms with van der Waals surface area (Å²) in [7, 11) is 0. The van der Waals surface area contributed by atoms with Gasteiger partial charge in [0, 0.05) is 10.8 Å². The van der Waals surface area contributed by atoms with Crippen molar-refractivity contribution in [2.45, 2.75) is 6.10 Å². The largest absolute Gasteiger partial charge is 0.485 e. The molecule has 16 heavy (non-hydrogen) atoms. The van der Waals surface area contributed by atoms with E-state index in [1.165, 1.54) is 11.3 Å². The van der Waals surface area contributed by atoms with Crippen LogP contribution in [0, 0.1) is 0 Å². The molecule has 1 atom stereocenters. The van der Waals surface area contributed by atoms with Crippen LogP contribution in [0.15, 0.2) is 10.8 Å². The first-order chi connectivity index (χ1) is 7.79. The number of carbonyl (C=O) groups excluding carboxylic acids is 1. The Labute approximate surface area is 96.3 Å². The molecule has 2 rings (SSSR count). The summed E-state index contributed by atoms with van der Waals surface area (Å²) >= 11 is 1.52. The van der Waals surface area contributed by atoms with Crippen molar-refractivity contribution >= 4 is 17.2 Å².